The number of halogens is 2. The number of hydrogen-bond donors (Lipinski definition) is 1. The summed E-state index contributed by atoms with van der Waals surface area (Å²) < 4.78 is 0. The van der Waals surface area contributed by atoms with Crippen molar-refractivity contribution >= 4 is 40.7 Å². The number of amides is 2. The van der Waals surface area contributed by atoms with E-state index >= 15 is 0 Å². The molecule has 0 spiro atoms. The highest BCUT2D eigenvalue weighted by molar-refractivity contribution is 6.42. The van der Waals surface area contributed by atoms with E-state index in [2.05, 4.69) is 10.3 Å². The first kappa shape index (κ1) is 20.9. The molecule has 1 aliphatic heterocycles. The number of aromatic nitrogens is 1. The Morgan fingerprint density at radius 2 is 1.97 bits per heavy atom. The van der Waals surface area contributed by atoms with Crippen LogP contribution >= 0.6 is 23.2 Å². The molecule has 1 atom stereocenters. The van der Waals surface area contributed by atoms with Crippen LogP contribution in [0.5, 0.6) is 0 Å². The number of rotatable bonds is 5. The Balaban J connectivity index is 1.30. The highest BCUT2D eigenvalue weighted by Crippen LogP contribution is 2.35. The van der Waals surface area contributed by atoms with E-state index in [-0.39, 0.29) is 23.8 Å². The molecule has 158 valence electrons. The number of likely N-dealkylation sites (tertiary alicyclic amines) is 1. The molecule has 1 saturated heterocycles. The zero-order valence-corrected chi connectivity index (χ0v) is 18.5. The first-order valence-corrected chi connectivity index (χ1v) is 10.7. The van der Waals surface area contributed by atoms with Crippen LogP contribution in [0.2, 0.25) is 10.0 Å². The van der Waals surface area contributed by atoms with Gasteiger partial charge in [0.05, 0.1) is 40.1 Å². The zero-order chi connectivity index (χ0) is 21.4. The van der Waals surface area contributed by atoms with Crippen LogP contribution < -0.4 is 5.32 Å². The molecule has 4 rings (SSSR count). The number of nitrogens with one attached hydrogen (secondary N) is 1. The smallest absolute Gasteiger partial charge is 0.229 e. The normalized spacial score (nSPS) is 18.0. The summed E-state index contributed by atoms with van der Waals surface area (Å²) in [6, 6.07) is 8.05. The molecule has 1 N–H and O–H groups in total. The van der Waals surface area contributed by atoms with Gasteiger partial charge in [-0.3, -0.25) is 14.6 Å². The van der Waals surface area contributed by atoms with Gasteiger partial charge in [0.1, 0.15) is 0 Å². The summed E-state index contributed by atoms with van der Waals surface area (Å²) in [4.78, 5) is 31.6. The van der Waals surface area contributed by atoms with Crippen molar-refractivity contribution in [2.45, 2.75) is 32.4 Å². The molecule has 1 aliphatic carbocycles. The maximum atomic E-state index is 12.5. The van der Waals surface area contributed by atoms with E-state index < -0.39 is 0 Å². The van der Waals surface area contributed by atoms with Crippen molar-refractivity contribution in [3.05, 3.63) is 57.3 Å². The van der Waals surface area contributed by atoms with Crippen molar-refractivity contribution in [2.75, 3.05) is 25.5 Å². The van der Waals surface area contributed by atoms with Crippen LogP contribution in [-0.2, 0) is 29.0 Å². The monoisotopic (exact) mass is 446 g/mol. The fourth-order valence-corrected chi connectivity index (χ4v) is 4.53. The van der Waals surface area contributed by atoms with E-state index in [0.717, 1.165) is 29.8 Å². The zero-order valence-electron chi connectivity index (χ0n) is 17.0. The third-order valence-electron chi connectivity index (χ3n) is 5.86. The lowest BCUT2D eigenvalue weighted by Gasteiger charge is -2.39. The minimum absolute atomic E-state index is 0.0159. The van der Waals surface area contributed by atoms with E-state index in [1.807, 2.05) is 24.3 Å². The maximum absolute atomic E-state index is 12.5. The predicted octanol–water partition coefficient (Wildman–Crippen LogP) is 3.40. The molecule has 0 saturated carbocycles. The van der Waals surface area contributed by atoms with Crippen LogP contribution in [0.4, 0.5) is 5.69 Å². The fraction of sp³-hybridized carbons (Fsp3) is 0.409. The minimum atomic E-state index is -0.107. The number of carbonyl (C=O) groups is 2. The van der Waals surface area contributed by atoms with Crippen molar-refractivity contribution in [1.82, 2.24) is 14.8 Å². The Morgan fingerprint density at radius 3 is 2.63 bits per heavy atom. The fourth-order valence-electron chi connectivity index (χ4n) is 4.09. The van der Waals surface area contributed by atoms with Gasteiger partial charge < -0.3 is 15.1 Å². The number of carbonyl (C=O) groups excluding carboxylic acids is 2. The SMILES string of the molecule is CC(=O)N1CC(C(=O)N(C)Cc2ccc(NC3Cc4ccc(Cl)c(Cl)c4C3)cn2)C1. The average molecular weight is 447 g/mol. The van der Waals surface area contributed by atoms with E-state index in [9.17, 15) is 9.59 Å². The standard InChI is InChI=1S/C22H24Cl2N4O2/c1-13(29)28-10-15(11-28)22(30)27(2)12-17-5-4-16(9-25-17)26-18-7-14-3-6-20(23)21(24)19(14)8-18/h3-6,9,15,18,26H,7-8,10-12H2,1-2H3. The Kier molecular flexibility index (Phi) is 5.89. The Hall–Kier alpha value is -2.31. The van der Waals surface area contributed by atoms with Crippen LogP contribution in [0.15, 0.2) is 30.5 Å². The second-order valence-electron chi connectivity index (χ2n) is 8.10. The summed E-state index contributed by atoms with van der Waals surface area (Å²) >= 11 is 12.5. The van der Waals surface area contributed by atoms with Gasteiger partial charge in [-0.05, 0) is 42.2 Å². The number of nitrogens with zero attached hydrogens (tertiary/aromatic N) is 3. The van der Waals surface area contributed by atoms with Gasteiger partial charge in [-0.25, -0.2) is 0 Å². The topological polar surface area (TPSA) is 65.5 Å². The summed E-state index contributed by atoms with van der Waals surface area (Å²) in [6.45, 7) is 2.98. The molecule has 1 aromatic heterocycles. The quantitative estimate of drug-likeness (QED) is 0.763. The summed E-state index contributed by atoms with van der Waals surface area (Å²) in [6.07, 6.45) is 3.52. The maximum Gasteiger partial charge on any atom is 0.229 e. The molecule has 0 radical (unpaired) electrons. The number of benzene rings is 1. The lowest BCUT2D eigenvalue weighted by molar-refractivity contribution is -0.146. The third kappa shape index (κ3) is 4.25. The second kappa shape index (κ2) is 8.44. The highest BCUT2D eigenvalue weighted by atomic mass is 35.5. The Bertz CT molecular complexity index is 974. The molecule has 2 heterocycles. The van der Waals surface area contributed by atoms with Gasteiger partial charge in [-0.2, -0.15) is 0 Å². The number of anilines is 1. The molecule has 1 aromatic carbocycles. The molecular weight excluding hydrogens is 423 g/mol. The predicted molar refractivity (Wildman–Crippen MR) is 118 cm³/mol. The van der Waals surface area contributed by atoms with Crippen LogP contribution in [0.3, 0.4) is 0 Å². The third-order valence-corrected chi connectivity index (χ3v) is 6.70. The minimum Gasteiger partial charge on any atom is -0.380 e. The summed E-state index contributed by atoms with van der Waals surface area (Å²) in [5.74, 6) is -0.0397. The van der Waals surface area contributed by atoms with Gasteiger partial charge >= 0.3 is 0 Å². The number of fused-ring (bicyclic) bond motifs is 1. The van der Waals surface area contributed by atoms with Crippen LogP contribution in [0.25, 0.3) is 0 Å². The van der Waals surface area contributed by atoms with Crippen molar-refractivity contribution in [3.8, 4) is 0 Å². The second-order valence-corrected chi connectivity index (χ2v) is 8.89. The van der Waals surface area contributed by atoms with Crippen LogP contribution in [0, 0.1) is 5.92 Å². The Morgan fingerprint density at radius 1 is 1.20 bits per heavy atom. The molecule has 6 nitrogen and oxygen atoms in total. The Labute approximate surface area is 186 Å². The number of pyridine rings is 1. The van der Waals surface area contributed by atoms with Crippen LogP contribution in [0.1, 0.15) is 23.7 Å². The molecule has 2 aliphatic rings. The molecule has 1 fully saturated rings. The van der Waals surface area contributed by atoms with Crippen LogP contribution in [-0.4, -0.2) is 52.8 Å². The van der Waals surface area contributed by atoms with E-state index in [0.29, 0.717) is 29.7 Å². The number of hydrogen-bond acceptors (Lipinski definition) is 4. The molecule has 30 heavy (non-hydrogen) atoms. The van der Waals surface area contributed by atoms with Crippen molar-refractivity contribution in [2.24, 2.45) is 5.92 Å². The molecule has 1 unspecified atom stereocenters. The summed E-state index contributed by atoms with van der Waals surface area (Å²) in [5, 5.41) is 4.75. The summed E-state index contributed by atoms with van der Waals surface area (Å²) in [7, 11) is 1.78. The van der Waals surface area contributed by atoms with E-state index in [1.54, 1.807) is 23.0 Å². The van der Waals surface area contributed by atoms with E-state index in [4.69, 9.17) is 23.2 Å². The first-order valence-electron chi connectivity index (χ1n) is 9.99. The van der Waals surface area contributed by atoms with Crippen molar-refractivity contribution in [3.63, 3.8) is 0 Å². The molecular formula is C22H24Cl2N4O2. The molecule has 2 amide bonds. The van der Waals surface area contributed by atoms with Crippen molar-refractivity contribution < 1.29 is 9.59 Å². The lowest BCUT2D eigenvalue weighted by Crippen LogP contribution is -2.55. The van der Waals surface area contributed by atoms with Gasteiger partial charge in [0.25, 0.3) is 0 Å². The van der Waals surface area contributed by atoms with Gasteiger partial charge in [-0.1, -0.05) is 29.3 Å². The highest BCUT2D eigenvalue weighted by Gasteiger charge is 2.35. The van der Waals surface area contributed by atoms with Gasteiger partial charge in [0.15, 0.2) is 0 Å². The summed E-state index contributed by atoms with van der Waals surface area (Å²) in [5.41, 5.74) is 4.10. The molecule has 8 heteroatoms. The molecule has 2 aromatic rings. The lowest BCUT2D eigenvalue weighted by atomic mass is 9.98. The van der Waals surface area contributed by atoms with Gasteiger partial charge in [-0.15, -0.1) is 0 Å². The average Bonchev–Trinajstić information content (AvgIpc) is 3.08. The first-order chi connectivity index (χ1) is 14.3. The van der Waals surface area contributed by atoms with Gasteiger partial charge in [0, 0.05) is 33.1 Å². The largest absolute Gasteiger partial charge is 0.380 e. The van der Waals surface area contributed by atoms with Crippen molar-refractivity contribution in [1.29, 1.82) is 0 Å². The van der Waals surface area contributed by atoms with E-state index in [1.165, 1.54) is 12.5 Å². The molecule has 0 bridgehead atoms. The van der Waals surface area contributed by atoms with Gasteiger partial charge in [0.2, 0.25) is 11.8 Å².